The van der Waals surface area contributed by atoms with E-state index in [9.17, 15) is 9.59 Å². The molecule has 6 heteroatoms. The summed E-state index contributed by atoms with van der Waals surface area (Å²) in [7, 11) is 3.39. The monoisotopic (exact) mass is 452 g/mol. The number of hydrogen-bond donors (Lipinski definition) is 0. The zero-order valence-electron chi connectivity index (χ0n) is 11.8. The minimum atomic E-state index is -0.118. The quantitative estimate of drug-likeness (QED) is 0.644. The van der Waals surface area contributed by atoms with E-state index in [4.69, 9.17) is 0 Å². The number of nitrogens with zero attached hydrogens (tertiary/aromatic N) is 2. The molecule has 0 spiro atoms. The van der Waals surface area contributed by atoms with Crippen molar-refractivity contribution in [3.63, 3.8) is 0 Å². The molecule has 0 fully saturated rings. The molecule has 0 aliphatic rings. The van der Waals surface area contributed by atoms with Crippen LogP contribution in [0, 0.1) is 3.57 Å². The molecule has 0 unspecified atom stereocenters. The highest BCUT2D eigenvalue weighted by Crippen LogP contribution is 2.21. The van der Waals surface area contributed by atoms with Crippen LogP contribution < -0.4 is 0 Å². The van der Waals surface area contributed by atoms with E-state index >= 15 is 0 Å². The van der Waals surface area contributed by atoms with Crippen molar-refractivity contribution < 1.29 is 9.59 Å². The van der Waals surface area contributed by atoms with E-state index in [-0.39, 0.29) is 18.4 Å². The average Bonchev–Trinajstić information content (AvgIpc) is 2.40. The SMILES string of the molecule is CCCN(CC(=O)N(C)C)C(=O)c1cc(I)ccc1Br. The summed E-state index contributed by atoms with van der Waals surface area (Å²) in [6.45, 7) is 2.66. The smallest absolute Gasteiger partial charge is 0.255 e. The number of rotatable bonds is 5. The Hall–Kier alpha value is -0.630. The third-order valence-corrected chi connectivity index (χ3v) is 4.13. The van der Waals surface area contributed by atoms with Crippen molar-refractivity contribution >= 4 is 50.3 Å². The zero-order chi connectivity index (χ0) is 15.3. The third-order valence-electron chi connectivity index (χ3n) is 2.76. The first kappa shape index (κ1) is 17.4. The molecule has 110 valence electrons. The van der Waals surface area contributed by atoms with E-state index in [0.717, 1.165) is 14.5 Å². The molecule has 1 rings (SSSR count). The van der Waals surface area contributed by atoms with Crippen molar-refractivity contribution in [3.05, 3.63) is 31.8 Å². The molecule has 4 nitrogen and oxygen atoms in total. The number of likely N-dealkylation sites (N-methyl/N-ethyl adjacent to an activating group) is 1. The highest BCUT2D eigenvalue weighted by molar-refractivity contribution is 14.1. The molecule has 0 aromatic heterocycles. The lowest BCUT2D eigenvalue weighted by Gasteiger charge is -2.24. The summed E-state index contributed by atoms with van der Waals surface area (Å²) in [6.07, 6.45) is 0.813. The van der Waals surface area contributed by atoms with Crippen molar-refractivity contribution in [2.45, 2.75) is 13.3 Å². The van der Waals surface area contributed by atoms with E-state index in [0.29, 0.717) is 12.1 Å². The minimum Gasteiger partial charge on any atom is -0.347 e. The van der Waals surface area contributed by atoms with Crippen molar-refractivity contribution in [1.82, 2.24) is 9.80 Å². The van der Waals surface area contributed by atoms with Crippen LogP contribution in [0.5, 0.6) is 0 Å². The summed E-state index contributed by atoms with van der Waals surface area (Å²) in [5.41, 5.74) is 0.594. The van der Waals surface area contributed by atoms with Crippen molar-refractivity contribution in [3.8, 4) is 0 Å². The molecule has 2 amide bonds. The zero-order valence-corrected chi connectivity index (χ0v) is 15.6. The summed E-state index contributed by atoms with van der Waals surface area (Å²) in [5, 5.41) is 0. The van der Waals surface area contributed by atoms with Crippen LogP contribution in [0.3, 0.4) is 0 Å². The van der Waals surface area contributed by atoms with Crippen molar-refractivity contribution in [1.29, 1.82) is 0 Å². The van der Waals surface area contributed by atoms with Gasteiger partial charge in [-0.15, -0.1) is 0 Å². The number of benzene rings is 1. The Morgan fingerprint density at radius 1 is 1.30 bits per heavy atom. The van der Waals surface area contributed by atoms with Crippen LogP contribution in [-0.4, -0.2) is 48.8 Å². The first-order valence-electron chi connectivity index (χ1n) is 6.31. The fourth-order valence-electron chi connectivity index (χ4n) is 1.66. The van der Waals surface area contributed by atoms with E-state index in [1.165, 1.54) is 4.90 Å². The summed E-state index contributed by atoms with van der Waals surface area (Å²) in [5.74, 6) is -0.194. The van der Waals surface area contributed by atoms with Crippen LogP contribution in [0.15, 0.2) is 22.7 Å². The lowest BCUT2D eigenvalue weighted by Crippen LogP contribution is -2.40. The Balaban J connectivity index is 2.99. The maximum Gasteiger partial charge on any atom is 0.255 e. The summed E-state index contributed by atoms with van der Waals surface area (Å²) in [4.78, 5) is 27.5. The topological polar surface area (TPSA) is 40.6 Å². The van der Waals surface area contributed by atoms with Crippen molar-refractivity contribution in [2.75, 3.05) is 27.2 Å². The van der Waals surface area contributed by atoms with Crippen LogP contribution in [-0.2, 0) is 4.79 Å². The van der Waals surface area contributed by atoms with Gasteiger partial charge in [-0.3, -0.25) is 9.59 Å². The largest absolute Gasteiger partial charge is 0.347 e. The lowest BCUT2D eigenvalue weighted by atomic mass is 10.2. The molecular formula is C14H18BrIN2O2. The second kappa shape index (κ2) is 7.97. The Kier molecular flexibility index (Phi) is 6.94. The van der Waals surface area contributed by atoms with Crippen LogP contribution in [0.25, 0.3) is 0 Å². The Morgan fingerprint density at radius 3 is 2.50 bits per heavy atom. The van der Waals surface area contributed by atoms with Gasteiger partial charge in [0.05, 0.1) is 5.56 Å². The van der Waals surface area contributed by atoms with E-state index in [1.54, 1.807) is 19.0 Å². The van der Waals surface area contributed by atoms with Gasteiger partial charge in [0.25, 0.3) is 5.91 Å². The standard InChI is InChI=1S/C14H18BrIN2O2/c1-4-7-18(9-13(19)17(2)3)14(20)11-8-10(16)5-6-12(11)15/h5-6,8H,4,7,9H2,1-3H3. The Labute approximate surface area is 141 Å². The van der Waals surface area contributed by atoms with Gasteiger partial charge < -0.3 is 9.80 Å². The number of halogens is 2. The molecule has 20 heavy (non-hydrogen) atoms. The maximum absolute atomic E-state index is 12.6. The second-order valence-corrected chi connectivity index (χ2v) is 6.74. The number of carbonyl (C=O) groups is 2. The lowest BCUT2D eigenvalue weighted by molar-refractivity contribution is -0.129. The number of amides is 2. The average molecular weight is 453 g/mol. The molecule has 0 radical (unpaired) electrons. The van der Waals surface area contributed by atoms with Gasteiger partial charge in [-0.25, -0.2) is 0 Å². The Bertz CT molecular complexity index is 506. The van der Waals surface area contributed by atoms with Gasteiger partial charge in [-0.1, -0.05) is 6.92 Å². The van der Waals surface area contributed by atoms with Crippen molar-refractivity contribution in [2.24, 2.45) is 0 Å². The highest BCUT2D eigenvalue weighted by Gasteiger charge is 2.21. The fourth-order valence-corrected chi connectivity index (χ4v) is 2.57. The van der Waals surface area contributed by atoms with E-state index in [2.05, 4.69) is 38.5 Å². The minimum absolute atomic E-state index is 0.0754. The molecule has 0 aliphatic heterocycles. The van der Waals surface area contributed by atoms with Crippen LogP contribution in [0.4, 0.5) is 0 Å². The van der Waals surface area contributed by atoms with Gasteiger partial charge in [0.15, 0.2) is 0 Å². The normalized spacial score (nSPS) is 10.2. The third kappa shape index (κ3) is 4.73. The molecule has 1 aromatic rings. The summed E-state index contributed by atoms with van der Waals surface area (Å²) >= 11 is 5.57. The van der Waals surface area contributed by atoms with Crippen LogP contribution in [0.1, 0.15) is 23.7 Å². The van der Waals surface area contributed by atoms with Gasteiger partial charge >= 0.3 is 0 Å². The van der Waals surface area contributed by atoms with Gasteiger partial charge in [0, 0.05) is 28.7 Å². The molecule has 0 heterocycles. The number of hydrogen-bond acceptors (Lipinski definition) is 2. The van der Waals surface area contributed by atoms with Crippen LogP contribution in [0.2, 0.25) is 0 Å². The fraction of sp³-hybridized carbons (Fsp3) is 0.429. The first-order valence-corrected chi connectivity index (χ1v) is 8.18. The van der Waals surface area contributed by atoms with Gasteiger partial charge in [-0.05, 0) is 63.1 Å². The molecule has 0 N–H and O–H groups in total. The molecule has 0 bridgehead atoms. The maximum atomic E-state index is 12.6. The predicted molar refractivity (Wildman–Crippen MR) is 91.7 cm³/mol. The predicted octanol–water partition coefficient (Wildman–Crippen LogP) is 2.99. The van der Waals surface area contributed by atoms with Gasteiger partial charge in [-0.2, -0.15) is 0 Å². The highest BCUT2D eigenvalue weighted by atomic mass is 127. The Morgan fingerprint density at radius 2 is 1.95 bits per heavy atom. The second-order valence-electron chi connectivity index (χ2n) is 4.64. The van der Waals surface area contributed by atoms with Crippen LogP contribution >= 0.6 is 38.5 Å². The molecular weight excluding hydrogens is 435 g/mol. The van der Waals surface area contributed by atoms with E-state index < -0.39 is 0 Å². The first-order chi connectivity index (χ1) is 9.36. The van der Waals surface area contributed by atoms with Gasteiger partial charge in [0.2, 0.25) is 5.91 Å². The van der Waals surface area contributed by atoms with Gasteiger partial charge in [0.1, 0.15) is 6.54 Å². The molecule has 0 saturated heterocycles. The summed E-state index contributed by atoms with van der Waals surface area (Å²) < 4.78 is 1.74. The molecule has 0 aliphatic carbocycles. The van der Waals surface area contributed by atoms with E-state index in [1.807, 2.05) is 25.1 Å². The molecule has 0 atom stereocenters. The number of carbonyl (C=O) groups excluding carboxylic acids is 2. The summed E-state index contributed by atoms with van der Waals surface area (Å²) in [6, 6.07) is 5.61. The molecule has 1 aromatic carbocycles. The molecule has 0 saturated carbocycles.